The van der Waals surface area contributed by atoms with Crippen molar-refractivity contribution in [3.8, 4) is 0 Å². The van der Waals surface area contributed by atoms with E-state index in [1.807, 2.05) is 0 Å². The highest BCUT2D eigenvalue weighted by Crippen LogP contribution is 2.61. The van der Waals surface area contributed by atoms with Gasteiger partial charge in [-0.05, 0) is 50.5 Å². The molecule has 2 aliphatic heterocycles. The van der Waals surface area contributed by atoms with Crippen molar-refractivity contribution in [3.63, 3.8) is 0 Å². The fourth-order valence-electron chi connectivity index (χ4n) is 3.88. The molecule has 1 aromatic carbocycles. The molecule has 1 aliphatic carbocycles. The van der Waals surface area contributed by atoms with Gasteiger partial charge in [0.15, 0.2) is 0 Å². The van der Waals surface area contributed by atoms with E-state index in [0.29, 0.717) is 16.7 Å². The molecule has 23 heavy (non-hydrogen) atoms. The fourth-order valence-corrected chi connectivity index (χ4v) is 3.88. The minimum absolute atomic E-state index is 0.253. The predicted octanol–water partition coefficient (Wildman–Crippen LogP) is 1.27. The normalized spacial score (nSPS) is 33.2. The van der Waals surface area contributed by atoms with Crippen molar-refractivity contribution in [2.24, 2.45) is 0 Å². The molecule has 0 spiro atoms. The number of rotatable bonds is 0. The summed E-state index contributed by atoms with van der Waals surface area (Å²) in [7, 11) is 0. The van der Waals surface area contributed by atoms with E-state index in [-0.39, 0.29) is 5.56 Å². The van der Waals surface area contributed by atoms with E-state index in [1.165, 1.54) is 0 Å². The molecule has 0 bridgehead atoms. The number of hydrogen-bond donors (Lipinski definition) is 0. The molecule has 2 unspecified atom stereocenters. The Morgan fingerprint density at radius 2 is 1.22 bits per heavy atom. The zero-order valence-corrected chi connectivity index (χ0v) is 13.1. The van der Waals surface area contributed by atoms with Gasteiger partial charge in [0.05, 0.1) is 11.0 Å². The SMILES string of the molecule is CC1(C)C(=O)OC(=O)c2cc3c(cc21)C1(C)C(=O)OC(=O)C31C. The Morgan fingerprint density at radius 3 is 1.78 bits per heavy atom. The molecule has 1 saturated heterocycles. The van der Waals surface area contributed by atoms with E-state index in [4.69, 9.17) is 9.47 Å². The summed E-state index contributed by atoms with van der Waals surface area (Å²) >= 11 is 0. The molecule has 0 radical (unpaired) electrons. The molecular weight excluding hydrogens is 300 g/mol. The van der Waals surface area contributed by atoms with Crippen LogP contribution in [-0.4, -0.2) is 23.9 Å². The Kier molecular flexibility index (Phi) is 2.16. The third kappa shape index (κ3) is 1.20. The average molecular weight is 314 g/mol. The molecule has 6 heteroatoms. The summed E-state index contributed by atoms with van der Waals surface area (Å²) in [6.45, 7) is 6.61. The number of benzene rings is 1. The van der Waals surface area contributed by atoms with Crippen molar-refractivity contribution in [2.45, 2.75) is 43.9 Å². The van der Waals surface area contributed by atoms with Gasteiger partial charge in [0.2, 0.25) is 0 Å². The lowest BCUT2D eigenvalue weighted by Crippen LogP contribution is -2.58. The van der Waals surface area contributed by atoms with Gasteiger partial charge in [0.1, 0.15) is 10.8 Å². The number of cyclic esters (lactones) is 4. The fraction of sp³-hybridized carbons (Fsp3) is 0.412. The van der Waals surface area contributed by atoms with E-state index in [2.05, 4.69) is 0 Å². The van der Waals surface area contributed by atoms with Crippen LogP contribution in [-0.2, 0) is 40.1 Å². The Hall–Kier alpha value is -2.50. The summed E-state index contributed by atoms with van der Waals surface area (Å²) in [6.07, 6.45) is 0. The van der Waals surface area contributed by atoms with Gasteiger partial charge in [-0.1, -0.05) is 6.07 Å². The third-order valence-electron chi connectivity index (χ3n) is 5.83. The van der Waals surface area contributed by atoms with Crippen molar-refractivity contribution < 1.29 is 28.7 Å². The highest BCUT2D eigenvalue weighted by atomic mass is 16.6. The largest absolute Gasteiger partial charge is 0.392 e. The highest BCUT2D eigenvalue weighted by Gasteiger charge is 2.73. The number of ether oxygens (including phenoxy) is 2. The number of hydrogen-bond acceptors (Lipinski definition) is 6. The summed E-state index contributed by atoms with van der Waals surface area (Å²) in [5.74, 6) is -2.58. The van der Waals surface area contributed by atoms with Crippen LogP contribution in [0.15, 0.2) is 12.1 Å². The summed E-state index contributed by atoms with van der Waals surface area (Å²) < 4.78 is 9.64. The molecule has 0 saturated carbocycles. The maximum atomic E-state index is 12.2. The molecule has 3 aliphatic rings. The van der Waals surface area contributed by atoms with Gasteiger partial charge in [-0.25, -0.2) is 4.79 Å². The molecule has 4 rings (SSSR count). The summed E-state index contributed by atoms with van der Waals surface area (Å²) in [4.78, 5) is 48.4. The second kappa shape index (κ2) is 3.53. The Bertz CT molecular complexity index is 864. The highest BCUT2D eigenvalue weighted by molar-refractivity contribution is 6.14. The van der Waals surface area contributed by atoms with Gasteiger partial charge >= 0.3 is 23.9 Å². The van der Waals surface area contributed by atoms with Gasteiger partial charge < -0.3 is 9.47 Å². The van der Waals surface area contributed by atoms with E-state index in [1.54, 1.807) is 39.8 Å². The molecule has 118 valence electrons. The van der Waals surface area contributed by atoms with Crippen LogP contribution in [0.25, 0.3) is 0 Å². The van der Waals surface area contributed by atoms with Crippen molar-refractivity contribution in [1.29, 1.82) is 0 Å². The van der Waals surface area contributed by atoms with Crippen LogP contribution in [0, 0.1) is 0 Å². The second-order valence-corrected chi connectivity index (χ2v) is 7.17. The number of fused-ring (bicyclic) bond motifs is 5. The van der Waals surface area contributed by atoms with Gasteiger partial charge in [-0.3, -0.25) is 14.4 Å². The van der Waals surface area contributed by atoms with E-state index < -0.39 is 40.1 Å². The number of carbonyl (C=O) groups is 4. The molecule has 6 nitrogen and oxygen atoms in total. The van der Waals surface area contributed by atoms with Gasteiger partial charge in [-0.15, -0.1) is 0 Å². The zero-order chi connectivity index (χ0) is 16.9. The summed E-state index contributed by atoms with van der Waals surface area (Å²) in [5.41, 5.74) is -1.24. The quantitative estimate of drug-likeness (QED) is 0.529. The second-order valence-electron chi connectivity index (χ2n) is 7.17. The molecule has 2 heterocycles. The monoisotopic (exact) mass is 314 g/mol. The molecule has 0 aromatic heterocycles. The van der Waals surface area contributed by atoms with E-state index >= 15 is 0 Å². The lowest BCUT2D eigenvalue weighted by atomic mass is 9.48. The smallest absolute Gasteiger partial charge is 0.346 e. The molecule has 1 fully saturated rings. The Morgan fingerprint density at radius 1 is 0.696 bits per heavy atom. The minimum atomic E-state index is -1.11. The van der Waals surface area contributed by atoms with Gasteiger partial charge in [0.25, 0.3) is 0 Å². The van der Waals surface area contributed by atoms with Crippen LogP contribution in [0.2, 0.25) is 0 Å². The average Bonchev–Trinajstić information content (AvgIpc) is 2.63. The van der Waals surface area contributed by atoms with Crippen molar-refractivity contribution >= 4 is 23.9 Å². The topological polar surface area (TPSA) is 86.7 Å². The first kappa shape index (κ1) is 14.1. The lowest BCUT2D eigenvalue weighted by molar-refractivity contribution is -0.154. The zero-order valence-electron chi connectivity index (χ0n) is 13.1. The van der Waals surface area contributed by atoms with Crippen molar-refractivity contribution in [1.82, 2.24) is 0 Å². The molecule has 2 atom stereocenters. The number of esters is 4. The minimum Gasteiger partial charge on any atom is -0.392 e. The van der Waals surface area contributed by atoms with Crippen LogP contribution in [0.3, 0.4) is 0 Å². The van der Waals surface area contributed by atoms with Crippen LogP contribution in [0.4, 0.5) is 0 Å². The maximum absolute atomic E-state index is 12.2. The lowest BCUT2D eigenvalue weighted by Gasteiger charge is -2.48. The first-order valence-electron chi connectivity index (χ1n) is 7.29. The summed E-state index contributed by atoms with van der Waals surface area (Å²) in [5, 5.41) is 0. The van der Waals surface area contributed by atoms with Crippen LogP contribution >= 0.6 is 0 Å². The van der Waals surface area contributed by atoms with E-state index in [0.717, 1.165) is 0 Å². The molecule has 1 aromatic rings. The van der Waals surface area contributed by atoms with Crippen LogP contribution < -0.4 is 0 Å². The van der Waals surface area contributed by atoms with Gasteiger partial charge in [-0.2, -0.15) is 0 Å². The Labute approximate surface area is 131 Å². The summed E-state index contributed by atoms with van der Waals surface area (Å²) in [6, 6.07) is 3.23. The van der Waals surface area contributed by atoms with Crippen LogP contribution in [0.5, 0.6) is 0 Å². The predicted molar refractivity (Wildman–Crippen MR) is 75.7 cm³/mol. The first-order valence-corrected chi connectivity index (χ1v) is 7.29. The van der Waals surface area contributed by atoms with Crippen molar-refractivity contribution in [3.05, 3.63) is 34.4 Å². The Balaban J connectivity index is 2.04. The first-order chi connectivity index (χ1) is 10.6. The molecule has 0 amide bonds. The van der Waals surface area contributed by atoms with Crippen molar-refractivity contribution in [2.75, 3.05) is 0 Å². The standard InChI is InChI=1S/C17H14O6/c1-15(2)8-6-10-9(5-7(8)11(18)22-12(15)19)16(3)13(20)23-14(21)17(10,16)4/h5-6H,1-4H3. The van der Waals surface area contributed by atoms with Gasteiger partial charge in [0, 0.05) is 0 Å². The molecular formula is C17H14O6. The maximum Gasteiger partial charge on any atom is 0.346 e. The van der Waals surface area contributed by atoms with Crippen LogP contribution in [0.1, 0.15) is 54.7 Å². The third-order valence-corrected chi connectivity index (χ3v) is 5.83. The number of carbonyl (C=O) groups excluding carboxylic acids is 4. The molecule has 0 N–H and O–H groups in total. The van der Waals surface area contributed by atoms with E-state index in [9.17, 15) is 19.2 Å².